The topological polar surface area (TPSA) is 30.4 Å². The van der Waals surface area contributed by atoms with Crippen LogP contribution < -0.4 is 20.7 Å². The molecule has 7 aromatic carbocycles. The molecule has 0 bridgehead atoms. The first-order valence-electron chi connectivity index (χ1n) is 23.2. The number of para-hydroxylation sites is 1. The van der Waals surface area contributed by atoms with E-state index in [1.807, 2.05) is 11.8 Å². The summed E-state index contributed by atoms with van der Waals surface area (Å²) in [6.45, 7) is 4.77. The van der Waals surface area contributed by atoms with Gasteiger partial charge in [-0.1, -0.05) is 191 Å². The molecule has 0 amide bonds. The normalized spacial score (nSPS) is 18.3. The molecular formula is C56H50N2OSSi. The van der Waals surface area contributed by atoms with E-state index in [1.165, 1.54) is 41.7 Å². The Morgan fingerprint density at radius 3 is 1.98 bits per heavy atom. The zero-order chi connectivity index (χ0) is 42.6. The largest absolute Gasteiger partial charge is 0.423 e. The van der Waals surface area contributed by atoms with Crippen LogP contribution in [0.25, 0.3) is 39.1 Å². The third-order valence-electron chi connectivity index (χ3n) is 14.3. The van der Waals surface area contributed by atoms with Crippen LogP contribution >= 0.6 is 11.8 Å². The molecule has 12 rings (SSSR count). The lowest BCUT2D eigenvalue weighted by Crippen LogP contribution is -2.75. The number of aromatic nitrogens is 2. The minimum absolute atomic E-state index is 0.182. The Hall–Kier alpha value is -5.62. The fourth-order valence-electron chi connectivity index (χ4n) is 11.3. The van der Waals surface area contributed by atoms with E-state index in [2.05, 4.69) is 176 Å². The molecule has 2 aliphatic carbocycles. The Kier molecular flexibility index (Phi) is 8.32. The van der Waals surface area contributed by atoms with Crippen LogP contribution in [0.2, 0.25) is 0 Å². The first-order chi connectivity index (χ1) is 30.7. The molecule has 0 N–H and O–H groups in total. The molecule has 0 radical (unpaired) electrons. The SMILES string of the molecule is [2H]C1(c2ccc3c(nc4oc5c(C6([2H])CCCC6)cccc5n43)c2-c2cccc([Si](c3ccccc3)(c3ccccc3)c3cccc4c3Sc3ccccc3C4(C)C)c2)CCCC1. The molecule has 2 aromatic heterocycles. The van der Waals surface area contributed by atoms with Crippen molar-refractivity contribution in [3.63, 3.8) is 0 Å². The Morgan fingerprint density at radius 2 is 1.25 bits per heavy atom. The van der Waals surface area contributed by atoms with Crippen molar-refractivity contribution < 1.29 is 7.16 Å². The van der Waals surface area contributed by atoms with E-state index in [4.69, 9.17) is 9.40 Å². The molecule has 3 heterocycles. The highest BCUT2D eigenvalue weighted by molar-refractivity contribution is 7.99. The molecule has 61 heavy (non-hydrogen) atoms. The zero-order valence-electron chi connectivity index (χ0n) is 36.9. The summed E-state index contributed by atoms with van der Waals surface area (Å²) in [5, 5.41) is 5.36. The summed E-state index contributed by atoms with van der Waals surface area (Å²) in [6, 6.07) is 58.6. The molecule has 0 saturated heterocycles. The molecule has 0 spiro atoms. The van der Waals surface area contributed by atoms with E-state index in [-0.39, 0.29) is 5.41 Å². The number of imidazole rings is 1. The highest BCUT2D eigenvalue weighted by atomic mass is 32.2. The molecule has 300 valence electrons. The van der Waals surface area contributed by atoms with Crippen molar-refractivity contribution in [3.8, 4) is 11.1 Å². The summed E-state index contributed by atoms with van der Waals surface area (Å²) in [6.07, 6.45) is 7.56. The third-order valence-corrected chi connectivity index (χ3v) is 20.5. The summed E-state index contributed by atoms with van der Waals surface area (Å²) in [5.74, 6) is -0.823. The smallest absolute Gasteiger partial charge is 0.307 e. The summed E-state index contributed by atoms with van der Waals surface area (Å²) >= 11 is 1.93. The van der Waals surface area contributed by atoms with Crippen molar-refractivity contribution >= 4 is 68.6 Å². The Labute approximate surface area is 366 Å². The lowest BCUT2D eigenvalue weighted by Gasteiger charge is -2.41. The first kappa shape index (κ1) is 35.0. The summed E-state index contributed by atoms with van der Waals surface area (Å²) in [7, 11) is -3.07. The zero-order valence-corrected chi connectivity index (χ0v) is 36.7. The molecule has 9 aromatic rings. The van der Waals surface area contributed by atoms with Gasteiger partial charge in [0.05, 0.1) is 11.0 Å². The van der Waals surface area contributed by atoms with Crippen LogP contribution in [0, 0.1) is 0 Å². The Bertz CT molecular complexity index is 3190. The van der Waals surface area contributed by atoms with E-state index < -0.39 is 19.9 Å². The van der Waals surface area contributed by atoms with Gasteiger partial charge in [-0.25, -0.2) is 0 Å². The minimum atomic E-state index is -3.07. The van der Waals surface area contributed by atoms with E-state index in [0.717, 1.165) is 95.8 Å². The highest BCUT2D eigenvalue weighted by Gasteiger charge is 2.46. The van der Waals surface area contributed by atoms with Crippen LogP contribution in [0.15, 0.2) is 172 Å². The quantitative estimate of drug-likeness (QED) is 0.118. The third kappa shape index (κ3) is 5.66. The second-order valence-corrected chi connectivity index (χ2v) is 22.8. The first-order valence-corrected chi connectivity index (χ1v) is 25.0. The van der Waals surface area contributed by atoms with Crippen molar-refractivity contribution in [2.24, 2.45) is 0 Å². The second-order valence-electron chi connectivity index (χ2n) is 17.9. The molecule has 0 unspecified atom stereocenters. The van der Waals surface area contributed by atoms with Gasteiger partial charge in [-0.3, -0.25) is 4.40 Å². The predicted octanol–water partition coefficient (Wildman–Crippen LogP) is 12.4. The molecule has 3 aliphatic rings. The van der Waals surface area contributed by atoms with Crippen LogP contribution in [0.4, 0.5) is 0 Å². The molecule has 5 heteroatoms. The van der Waals surface area contributed by atoms with E-state index in [9.17, 15) is 2.74 Å². The average molecular weight is 829 g/mol. The predicted molar refractivity (Wildman–Crippen MR) is 257 cm³/mol. The Balaban J connectivity index is 1.14. The molecule has 0 atom stereocenters. The van der Waals surface area contributed by atoms with Crippen molar-refractivity contribution in [1.82, 2.24) is 9.38 Å². The van der Waals surface area contributed by atoms with Gasteiger partial charge in [0.1, 0.15) is 5.52 Å². The van der Waals surface area contributed by atoms with E-state index >= 15 is 0 Å². The average Bonchev–Trinajstić information content (AvgIpc) is 4.12. The number of hydrogen-bond acceptors (Lipinski definition) is 3. The summed E-state index contributed by atoms with van der Waals surface area (Å²) in [5.41, 5.74) is 10.3. The maximum Gasteiger partial charge on any atom is 0.307 e. The molecular weight excluding hydrogens is 777 g/mol. The fraction of sp³-hybridized carbons (Fsp3) is 0.232. The van der Waals surface area contributed by atoms with Gasteiger partial charge < -0.3 is 4.42 Å². The van der Waals surface area contributed by atoms with Crippen LogP contribution in [0.5, 0.6) is 0 Å². The summed E-state index contributed by atoms with van der Waals surface area (Å²) < 4.78 is 28.4. The lowest BCUT2D eigenvalue weighted by atomic mass is 9.78. The monoisotopic (exact) mass is 828 g/mol. The maximum absolute atomic E-state index is 10.1. The molecule has 2 fully saturated rings. The van der Waals surface area contributed by atoms with Crippen molar-refractivity contribution in [2.75, 3.05) is 0 Å². The molecule has 3 nitrogen and oxygen atoms in total. The highest BCUT2D eigenvalue weighted by Crippen LogP contribution is 2.49. The lowest BCUT2D eigenvalue weighted by molar-refractivity contribution is 0.608. The molecule has 1 aliphatic heterocycles. The number of hydrogen-bond donors (Lipinski definition) is 0. The number of fused-ring (bicyclic) bond motifs is 7. The van der Waals surface area contributed by atoms with Gasteiger partial charge >= 0.3 is 5.84 Å². The van der Waals surface area contributed by atoms with Crippen LogP contribution in [-0.4, -0.2) is 17.5 Å². The van der Waals surface area contributed by atoms with Gasteiger partial charge in [-0.2, -0.15) is 4.98 Å². The van der Waals surface area contributed by atoms with Crippen LogP contribution in [-0.2, 0) is 5.41 Å². The van der Waals surface area contributed by atoms with E-state index in [0.29, 0.717) is 5.84 Å². The van der Waals surface area contributed by atoms with Crippen LogP contribution in [0.3, 0.4) is 0 Å². The number of nitrogens with zero attached hydrogens (tertiary/aromatic N) is 2. The minimum Gasteiger partial charge on any atom is -0.423 e. The number of benzene rings is 7. The summed E-state index contributed by atoms with van der Waals surface area (Å²) in [4.78, 5) is 8.08. The van der Waals surface area contributed by atoms with Gasteiger partial charge in [0, 0.05) is 29.1 Å². The van der Waals surface area contributed by atoms with Gasteiger partial charge in [-0.15, -0.1) is 0 Å². The maximum atomic E-state index is 10.1. The van der Waals surface area contributed by atoms with Crippen molar-refractivity contribution in [2.45, 2.75) is 92.2 Å². The van der Waals surface area contributed by atoms with Gasteiger partial charge in [0.2, 0.25) is 0 Å². The standard InChI is InChI=1S/C56H50N2OSSi/c1-56(2)45-29-13-14-32-49(45)60-54-46(56)30-17-33-50(54)61(40-23-5-3-6-24-40,41-25-7-4-8-26-41)42-27-15-22-39(36-42)51-43(37-18-9-10-19-37)34-35-47-52(51)57-55-58(47)48-31-16-28-44(53(48)59-55)38-20-11-12-21-38/h3-8,13-17,22-38H,9-12,18-21H2,1-2H3/i37D,38D. The van der Waals surface area contributed by atoms with E-state index in [1.54, 1.807) is 0 Å². The van der Waals surface area contributed by atoms with Gasteiger partial charge in [0.25, 0.3) is 0 Å². The number of oxazole rings is 1. The molecule has 2 saturated carbocycles. The van der Waals surface area contributed by atoms with Crippen molar-refractivity contribution in [3.05, 3.63) is 180 Å². The Morgan fingerprint density at radius 1 is 0.623 bits per heavy atom. The van der Waals surface area contributed by atoms with Crippen LogP contribution in [0.1, 0.15) is 102 Å². The number of rotatable bonds is 7. The second kappa shape index (κ2) is 14.5. The van der Waals surface area contributed by atoms with Crippen molar-refractivity contribution in [1.29, 1.82) is 0 Å². The van der Waals surface area contributed by atoms with Gasteiger partial charge in [0.15, 0.2) is 13.7 Å². The fourth-order valence-corrected chi connectivity index (χ4v) is 18.2. The van der Waals surface area contributed by atoms with Gasteiger partial charge in [-0.05, 0) is 98.7 Å².